The van der Waals surface area contributed by atoms with E-state index in [0.29, 0.717) is 6.04 Å². The number of thiophene rings is 1. The van der Waals surface area contributed by atoms with E-state index in [1.807, 2.05) is 22.3 Å². The first-order valence-corrected chi connectivity index (χ1v) is 9.76. The van der Waals surface area contributed by atoms with Gasteiger partial charge in [-0.15, -0.1) is 17.9 Å². The van der Waals surface area contributed by atoms with Crippen LogP contribution in [0.15, 0.2) is 30.2 Å². The molecule has 1 aromatic heterocycles. The minimum atomic E-state index is 0.116. The van der Waals surface area contributed by atoms with Gasteiger partial charge in [0.05, 0.1) is 0 Å². The second kappa shape index (κ2) is 8.65. The fourth-order valence-electron chi connectivity index (χ4n) is 3.44. The summed E-state index contributed by atoms with van der Waals surface area (Å²) < 4.78 is 0. The Hall–Kier alpha value is -1.37. The first kappa shape index (κ1) is 17.5. The van der Waals surface area contributed by atoms with E-state index in [-0.39, 0.29) is 6.03 Å². The Labute approximate surface area is 148 Å². The number of carbonyl (C=O) groups excluding carboxylic acids is 1. The Morgan fingerprint density at radius 3 is 2.58 bits per heavy atom. The molecule has 0 radical (unpaired) electrons. The lowest BCUT2D eigenvalue weighted by atomic mass is 10.1. The van der Waals surface area contributed by atoms with Crippen molar-refractivity contribution in [2.45, 2.75) is 25.4 Å². The van der Waals surface area contributed by atoms with Crippen molar-refractivity contribution >= 4 is 17.4 Å². The molecule has 132 valence electrons. The van der Waals surface area contributed by atoms with Gasteiger partial charge in [-0.25, -0.2) is 4.79 Å². The van der Waals surface area contributed by atoms with E-state index in [1.165, 1.54) is 4.88 Å². The number of rotatable bonds is 5. The summed E-state index contributed by atoms with van der Waals surface area (Å²) in [5.41, 5.74) is 0. The molecular weight excluding hydrogens is 320 g/mol. The van der Waals surface area contributed by atoms with Crippen LogP contribution in [0.2, 0.25) is 0 Å². The molecule has 0 bridgehead atoms. The molecule has 0 aromatic carbocycles. The summed E-state index contributed by atoms with van der Waals surface area (Å²) in [4.78, 5) is 20.6. The molecule has 2 saturated heterocycles. The molecule has 5 nitrogen and oxygen atoms in total. The topological polar surface area (TPSA) is 38.8 Å². The second-order valence-electron chi connectivity index (χ2n) is 6.66. The van der Waals surface area contributed by atoms with Crippen molar-refractivity contribution in [1.29, 1.82) is 0 Å². The highest BCUT2D eigenvalue weighted by atomic mass is 32.1. The Morgan fingerprint density at radius 2 is 1.96 bits per heavy atom. The lowest BCUT2D eigenvalue weighted by Gasteiger charge is -2.36. The van der Waals surface area contributed by atoms with Gasteiger partial charge in [-0.1, -0.05) is 12.1 Å². The minimum absolute atomic E-state index is 0.116. The van der Waals surface area contributed by atoms with Crippen molar-refractivity contribution < 1.29 is 4.79 Å². The molecular formula is C18H28N4OS. The molecule has 1 N–H and O–H groups in total. The second-order valence-corrected chi connectivity index (χ2v) is 7.69. The Morgan fingerprint density at radius 1 is 1.21 bits per heavy atom. The maximum Gasteiger partial charge on any atom is 0.317 e. The van der Waals surface area contributed by atoms with Gasteiger partial charge in [0.15, 0.2) is 0 Å². The van der Waals surface area contributed by atoms with E-state index in [0.717, 1.165) is 65.2 Å². The summed E-state index contributed by atoms with van der Waals surface area (Å²) in [6.45, 7) is 11.4. The average molecular weight is 349 g/mol. The fourth-order valence-corrected chi connectivity index (χ4v) is 4.19. The van der Waals surface area contributed by atoms with Crippen LogP contribution in [0, 0.1) is 0 Å². The van der Waals surface area contributed by atoms with Gasteiger partial charge in [0.1, 0.15) is 0 Å². The number of hydrogen-bond acceptors (Lipinski definition) is 4. The van der Waals surface area contributed by atoms with Crippen molar-refractivity contribution in [2.75, 3.05) is 45.8 Å². The molecule has 24 heavy (non-hydrogen) atoms. The summed E-state index contributed by atoms with van der Waals surface area (Å²) in [7, 11) is 0. The summed E-state index contributed by atoms with van der Waals surface area (Å²) >= 11 is 1.82. The van der Waals surface area contributed by atoms with Crippen molar-refractivity contribution in [3.05, 3.63) is 35.0 Å². The molecule has 0 spiro atoms. The molecule has 0 aliphatic carbocycles. The highest BCUT2D eigenvalue weighted by Crippen LogP contribution is 2.17. The van der Waals surface area contributed by atoms with E-state index in [9.17, 15) is 4.79 Å². The van der Waals surface area contributed by atoms with Gasteiger partial charge in [0.25, 0.3) is 0 Å². The van der Waals surface area contributed by atoms with Gasteiger partial charge < -0.3 is 10.2 Å². The molecule has 3 rings (SSSR count). The molecule has 2 aliphatic heterocycles. The maximum atomic E-state index is 12.4. The lowest BCUT2D eigenvalue weighted by molar-refractivity contribution is 0.137. The highest BCUT2D eigenvalue weighted by Gasteiger charge is 2.25. The zero-order valence-electron chi connectivity index (χ0n) is 14.3. The Balaban J connectivity index is 1.36. The summed E-state index contributed by atoms with van der Waals surface area (Å²) in [6.07, 6.45) is 4.03. The van der Waals surface area contributed by atoms with Gasteiger partial charge in [0.2, 0.25) is 0 Å². The standard InChI is InChI=1S/C18H28N4OS/c1-2-7-20-10-12-22(13-11-20)18(23)19-16-5-8-21(9-6-16)15-17-4-3-14-24-17/h2-4,14,16H,1,5-13,15H2,(H,19,23). The predicted molar refractivity (Wildman–Crippen MR) is 99.4 cm³/mol. The molecule has 6 heteroatoms. The lowest BCUT2D eigenvalue weighted by Crippen LogP contribution is -2.54. The zero-order valence-corrected chi connectivity index (χ0v) is 15.1. The van der Waals surface area contributed by atoms with Crippen LogP contribution >= 0.6 is 11.3 Å². The molecule has 3 heterocycles. The third-order valence-corrected chi connectivity index (χ3v) is 5.78. The number of hydrogen-bond donors (Lipinski definition) is 1. The van der Waals surface area contributed by atoms with Crippen LogP contribution in [-0.4, -0.2) is 72.6 Å². The quantitative estimate of drug-likeness (QED) is 0.830. The number of amides is 2. The van der Waals surface area contributed by atoms with Gasteiger partial charge in [-0.05, 0) is 24.3 Å². The number of nitrogens with zero attached hydrogens (tertiary/aromatic N) is 3. The van der Waals surface area contributed by atoms with E-state index < -0.39 is 0 Å². The highest BCUT2D eigenvalue weighted by molar-refractivity contribution is 7.09. The van der Waals surface area contributed by atoms with Gasteiger partial charge >= 0.3 is 6.03 Å². The van der Waals surface area contributed by atoms with Gasteiger partial charge in [0, 0.05) is 63.3 Å². The fraction of sp³-hybridized carbons (Fsp3) is 0.611. The van der Waals surface area contributed by atoms with Crippen LogP contribution in [0.5, 0.6) is 0 Å². The predicted octanol–water partition coefficient (Wildman–Crippen LogP) is 2.23. The SMILES string of the molecule is C=CCN1CCN(C(=O)NC2CCN(Cc3cccs3)CC2)CC1. The first-order valence-electron chi connectivity index (χ1n) is 8.88. The number of piperazine rings is 1. The number of nitrogens with one attached hydrogen (secondary N) is 1. The summed E-state index contributed by atoms with van der Waals surface area (Å²) in [5.74, 6) is 0. The normalized spacial score (nSPS) is 20.9. The van der Waals surface area contributed by atoms with E-state index >= 15 is 0 Å². The molecule has 0 unspecified atom stereocenters. The third kappa shape index (κ3) is 4.82. The largest absolute Gasteiger partial charge is 0.335 e. The van der Waals surface area contributed by atoms with Gasteiger partial charge in [-0.3, -0.25) is 9.80 Å². The first-order chi connectivity index (χ1) is 11.7. The van der Waals surface area contributed by atoms with Crippen molar-refractivity contribution in [1.82, 2.24) is 20.0 Å². The monoisotopic (exact) mass is 348 g/mol. The molecule has 2 amide bonds. The molecule has 2 aliphatic rings. The van der Waals surface area contributed by atoms with Crippen LogP contribution in [0.25, 0.3) is 0 Å². The smallest absolute Gasteiger partial charge is 0.317 e. The zero-order chi connectivity index (χ0) is 16.8. The number of piperidine rings is 1. The molecule has 0 atom stereocenters. The van der Waals surface area contributed by atoms with Crippen molar-refractivity contribution in [3.8, 4) is 0 Å². The van der Waals surface area contributed by atoms with E-state index in [1.54, 1.807) is 0 Å². The molecule has 1 aromatic rings. The number of carbonyl (C=O) groups is 1. The Bertz CT molecular complexity index is 517. The van der Waals surface area contributed by atoms with Crippen LogP contribution in [-0.2, 0) is 6.54 Å². The van der Waals surface area contributed by atoms with E-state index in [2.05, 4.69) is 39.2 Å². The minimum Gasteiger partial charge on any atom is -0.335 e. The average Bonchev–Trinajstić information content (AvgIpc) is 3.10. The van der Waals surface area contributed by atoms with Crippen molar-refractivity contribution in [3.63, 3.8) is 0 Å². The molecule has 2 fully saturated rings. The van der Waals surface area contributed by atoms with Crippen LogP contribution in [0.3, 0.4) is 0 Å². The van der Waals surface area contributed by atoms with Crippen LogP contribution < -0.4 is 5.32 Å². The van der Waals surface area contributed by atoms with Gasteiger partial charge in [-0.2, -0.15) is 0 Å². The summed E-state index contributed by atoms with van der Waals surface area (Å²) in [6, 6.07) is 4.75. The van der Waals surface area contributed by atoms with E-state index in [4.69, 9.17) is 0 Å². The summed E-state index contributed by atoms with van der Waals surface area (Å²) in [5, 5.41) is 5.38. The van der Waals surface area contributed by atoms with Crippen LogP contribution in [0.1, 0.15) is 17.7 Å². The number of likely N-dealkylation sites (tertiary alicyclic amines) is 1. The van der Waals surface area contributed by atoms with Crippen LogP contribution in [0.4, 0.5) is 4.79 Å². The van der Waals surface area contributed by atoms with Crippen molar-refractivity contribution in [2.24, 2.45) is 0 Å². The maximum absolute atomic E-state index is 12.4. The number of urea groups is 1. The molecule has 0 saturated carbocycles. The Kier molecular flexibility index (Phi) is 6.29. The third-order valence-electron chi connectivity index (χ3n) is 4.92.